The number of rotatable bonds is 11. The van der Waals surface area contributed by atoms with Crippen LogP contribution < -0.4 is 4.74 Å². The Balaban J connectivity index is 1.19. The number of ether oxygens (including phenoxy) is 2. The van der Waals surface area contributed by atoms with Gasteiger partial charge in [0.2, 0.25) is 0 Å². The largest absolute Gasteiger partial charge is 0.494 e. The van der Waals surface area contributed by atoms with Gasteiger partial charge in [-0.2, -0.15) is 0 Å². The van der Waals surface area contributed by atoms with Crippen LogP contribution in [-0.2, 0) is 4.74 Å². The van der Waals surface area contributed by atoms with E-state index in [2.05, 4.69) is 47.6 Å². The van der Waals surface area contributed by atoms with E-state index in [1.807, 2.05) is 24.3 Å². The minimum atomic E-state index is -0.194. The molecule has 3 saturated carbocycles. The zero-order chi connectivity index (χ0) is 29.2. The number of carbonyl (C=O) groups excluding carboxylic acids is 1. The summed E-state index contributed by atoms with van der Waals surface area (Å²) in [4.78, 5) is 13.0. The monoisotopic (exact) mass is 562 g/mol. The molecule has 0 N–H and O–H groups in total. The van der Waals surface area contributed by atoms with Crippen molar-refractivity contribution in [3.8, 4) is 5.75 Å². The Labute approximate surface area is 251 Å². The van der Waals surface area contributed by atoms with Gasteiger partial charge in [0.05, 0.1) is 12.2 Å². The summed E-state index contributed by atoms with van der Waals surface area (Å²) >= 11 is 0. The zero-order valence-corrected chi connectivity index (χ0v) is 27.1. The molecule has 0 spiro atoms. The number of allylic oxidation sites excluding steroid dienone is 1. The standard InChI is InChI=1S/C38H58O3/c1-7-8-24-40-30-15-12-28(13-16-30)36(39)41-31-20-22-37(5)29(25-31)14-17-32-34-19-18-33(27(4)11-9-10-26(2)3)38(34,6)23-21-35(32)37/h12-16,26-27,31-35H,7-11,17-25H2,1-6H3/t27-,31+,32-,33+,34-,35-,37-,38+/m0/s1. The van der Waals surface area contributed by atoms with Crippen molar-refractivity contribution in [1.29, 1.82) is 0 Å². The van der Waals surface area contributed by atoms with Gasteiger partial charge in [0.1, 0.15) is 11.9 Å². The van der Waals surface area contributed by atoms with Crippen molar-refractivity contribution in [1.82, 2.24) is 0 Å². The Hall–Kier alpha value is -1.77. The van der Waals surface area contributed by atoms with Gasteiger partial charge in [-0.1, -0.05) is 78.9 Å². The quantitative estimate of drug-likeness (QED) is 0.153. The third-order valence-corrected chi connectivity index (χ3v) is 12.4. The fourth-order valence-electron chi connectivity index (χ4n) is 9.99. The van der Waals surface area contributed by atoms with Crippen LogP contribution in [0.5, 0.6) is 5.75 Å². The Bertz CT molecular complexity index is 1060. The van der Waals surface area contributed by atoms with Crippen LogP contribution in [-0.4, -0.2) is 18.7 Å². The van der Waals surface area contributed by atoms with Gasteiger partial charge >= 0.3 is 5.97 Å². The highest BCUT2D eigenvalue weighted by Gasteiger charge is 2.59. The van der Waals surface area contributed by atoms with Crippen LogP contribution in [0.1, 0.15) is 135 Å². The summed E-state index contributed by atoms with van der Waals surface area (Å²) in [6.07, 6.45) is 18.9. The maximum atomic E-state index is 13.0. The molecule has 1 aromatic rings. The number of fused-ring (bicyclic) bond motifs is 5. The van der Waals surface area contributed by atoms with Gasteiger partial charge in [-0.25, -0.2) is 4.79 Å². The summed E-state index contributed by atoms with van der Waals surface area (Å²) in [5.41, 5.74) is 3.03. The van der Waals surface area contributed by atoms with E-state index in [0.29, 0.717) is 11.0 Å². The smallest absolute Gasteiger partial charge is 0.338 e. The fourth-order valence-corrected chi connectivity index (χ4v) is 9.99. The molecule has 0 radical (unpaired) electrons. The molecular formula is C38H58O3. The van der Waals surface area contributed by atoms with Crippen LogP contribution in [0.25, 0.3) is 0 Å². The number of carbonyl (C=O) groups is 1. The van der Waals surface area contributed by atoms with Crippen molar-refractivity contribution in [2.75, 3.05) is 6.61 Å². The Kier molecular flexibility index (Phi) is 9.61. The molecule has 0 aromatic heterocycles. The molecule has 1 aromatic carbocycles. The summed E-state index contributed by atoms with van der Waals surface area (Å²) in [6.45, 7) is 15.4. The van der Waals surface area contributed by atoms with E-state index in [0.717, 1.165) is 80.0 Å². The number of hydrogen-bond donors (Lipinski definition) is 0. The summed E-state index contributed by atoms with van der Waals surface area (Å²) in [5, 5.41) is 0. The molecule has 0 aliphatic heterocycles. The molecule has 3 heteroatoms. The molecule has 4 aliphatic rings. The Morgan fingerprint density at radius 2 is 1.73 bits per heavy atom. The average molecular weight is 563 g/mol. The molecule has 0 unspecified atom stereocenters. The maximum absolute atomic E-state index is 13.0. The Morgan fingerprint density at radius 1 is 0.951 bits per heavy atom. The van der Waals surface area contributed by atoms with Crippen LogP contribution >= 0.6 is 0 Å². The lowest BCUT2D eigenvalue weighted by atomic mass is 9.47. The van der Waals surface area contributed by atoms with Crippen LogP contribution in [0.4, 0.5) is 0 Å². The average Bonchev–Trinajstić information content (AvgIpc) is 3.31. The molecule has 3 nitrogen and oxygen atoms in total. The van der Waals surface area contributed by atoms with Crippen molar-refractivity contribution in [3.05, 3.63) is 41.5 Å². The molecule has 0 heterocycles. The highest BCUT2D eigenvalue weighted by molar-refractivity contribution is 5.89. The van der Waals surface area contributed by atoms with Crippen molar-refractivity contribution in [2.45, 2.75) is 131 Å². The van der Waals surface area contributed by atoms with Gasteiger partial charge in [-0.05, 0) is 122 Å². The lowest BCUT2D eigenvalue weighted by molar-refractivity contribution is -0.0594. The van der Waals surface area contributed by atoms with Crippen molar-refractivity contribution >= 4 is 5.97 Å². The van der Waals surface area contributed by atoms with Gasteiger partial charge in [0, 0.05) is 6.42 Å². The summed E-state index contributed by atoms with van der Waals surface area (Å²) in [5.74, 6) is 5.75. The lowest BCUT2D eigenvalue weighted by Crippen LogP contribution is -2.51. The van der Waals surface area contributed by atoms with Gasteiger partial charge < -0.3 is 9.47 Å². The van der Waals surface area contributed by atoms with E-state index < -0.39 is 0 Å². The summed E-state index contributed by atoms with van der Waals surface area (Å²) < 4.78 is 11.9. The molecule has 8 atom stereocenters. The second-order valence-corrected chi connectivity index (χ2v) is 15.3. The molecule has 228 valence electrons. The third-order valence-electron chi connectivity index (χ3n) is 12.4. The van der Waals surface area contributed by atoms with Gasteiger partial charge in [0.15, 0.2) is 0 Å². The molecule has 0 saturated heterocycles. The first kappa shape index (κ1) is 30.7. The highest BCUT2D eigenvalue weighted by atomic mass is 16.5. The van der Waals surface area contributed by atoms with Crippen LogP contribution in [0.2, 0.25) is 0 Å². The van der Waals surface area contributed by atoms with E-state index in [4.69, 9.17) is 9.47 Å². The van der Waals surface area contributed by atoms with Crippen LogP contribution in [0.15, 0.2) is 35.9 Å². The van der Waals surface area contributed by atoms with E-state index >= 15 is 0 Å². The van der Waals surface area contributed by atoms with Gasteiger partial charge in [0.25, 0.3) is 0 Å². The molecule has 41 heavy (non-hydrogen) atoms. The minimum absolute atomic E-state index is 0.00439. The predicted octanol–water partition coefficient (Wildman–Crippen LogP) is 10.4. The third kappa shape index (κ3) is 6.30. The van der Waals surface area contributed by atoms with Gasteiger partial charge in [-0.15, -0.1) is 0 Å². The van der Waals surface area contributed by atoms with E-state index in [-0.39, 0.29) is 17.5 Å². The number of esters is 1. The van der Waals surface area contributed by atoms with Crippen LogP contribution in [0.3, 0.4) is 0 Å². The fraction of sp³-hybridized carbons (Fsp3) is 0.763. The summed E-state index contributed by atoms with van der Waals surface area (Å²) in [7, 11) is 0. The van der Waals surface area contributed by atoms with Crippen molar-refractivity contribution in [2.24, 2.45) is 46.3 Å². The van der Waals surface area contributed by atoms with E-state index in [1.54, 1.807) is 5.57 Å². The van der Waals surface area contributed by atoms with E-state index in [9.17, 15) is 4.79 Å². The SMILES string of the molecule is CCCCOc1ccc(C(=O)O[C@@H]2CC[C@@]3(C)C(=CC[C@H]4[C@@H]5CC[C@H]([C@@H](C)CCCC(C)C)[C@@]5(C)CC[C@@H]43)C2)cc1. The number of unbranched alkanes of at least 4 members (excludes halogenated alkanes) is 1. The first-order valence-electron chi connectivity index (χ1n) is 17.3. The second-order valence-electron chi connectivity index (χ2n) is 15.3. The molecule has 3 fully saturated rings. The van der Waals surface area contributed by atoms with Crippen LogP contribution in [0, 0.1) is 46.3 Å². The van der Waals surface area contributed by atoms with E-state index in [1.165, 1.54) is 51.4 Å². The lowest BCUT2D eigenvalue weighted by Gasteiger charge is -2.58. The maximum Gasteiger partial charge on any atom is 0.338 e. The minimum Gasteiger partial charge on any atom is -0.494 e. The molecule has 0 amide bonds. The predicted molar refractivity (Wildman–Crippen MR) is 169 cm³/mol. The highest BCUT2D eigenvalue weighted by Crippen LogP contribution is 2.67. The first-order chi connectivity index (χ1) is 19.7. The normalized spacial score (nSPS) is 35.2. The molecule has 5 rings (SSSR count). The van der Waals surface area contributed by atoms with Crippen molar-refractivity contribution < 1.29 is 14.3 Å². The molecule has 4 aliphatic carbocycles. The topological polar surface area (TPSA) is 35.5 Å². The zero-order valence-electron chi connectivity index (χ0n) is 27.1. The number of benzene rings is 1. The molecule has 0 bridgehead atoms. The molecular weight excluding hydrogens is 504 g/mol. The first-order valence-corrected chi connectivity index (χ1v) is 17.3. The summed E-state index contributed by atoms with van der Waals surface area (Å²) in [6, 6.07) is 7.48. The van der Waals surface area contributed by atoms with Gasteiger partial charge in [-0.3, -0.25) is 0 Å². The number of hydrogen-bond acceptors (Lipinski definition) is 3. The second kappa shape index (κ2) is 12.8. The Morgan fingerprint density at radius 3 is 2.46 bits per heavy atom. The van der Waals surface area contributed by atoms with Crippen molar-refractivity contribution in [3.63, 3.8) is 0 Å².